The van der Waals surface area contributed by atoms with Gasteiger partial charge in [-0.1, -0.05) is 6.07 Å². The molecule has 1 aliphatic rings. The molecule has 2 heterocycles. The highest BCUT2D eigenvalue weighted by Crippen LogP contribution is 2.31. The van der Waals surface area contributed by atoms with Crippen molar-refractivity contribution in [2.75, 3.05) is 30.3 Å². The zero-order valence-corrected chi connectivity index (χ0v) is 10.4. The average Bonchev–Trinajstić information content (AvgIpc) is 2.48. The first kappa shape index (κ1) is 11.8. The van der Waals surface area contributed by atoms with Gasteiger partial charge in [0.25, 0.3) is 0 Å². The standard InChI is InChI=1S/C14H14N4O/c15-7-11-9-18(5-6-19-11)13-2-1-10-8-17-4-3-12(10)14(13)16/h1-4,8,11H,5-6,9,16H2. The molecule has 0 spiro atoms. The predicted molar refractivity (Wildman–Crippen MR) is 73.7 cm³/mol. The molecule has 1 aromatic heterocycles. The molecule has 96 valence electrons. The number of hydrogen-bond acceptors (Lipinski definition) is 5. The molecule has 0 bridgehead atoms. The largest absolute Gasteiger partial charge is 0.397 e. The van der Waals surface area contributed by atoms with Crippen LogP contribution in [-0.4, -0.2) is 30.8 Å². The lowest BCUT2D eigenvalue weighted by Crippen LogP contribution is -2.42. The van der Waals surface area contributed by atoms with E-state index in [2.05, 4.69) is 16.0 Å². The molecule has 2 aromatic rings. The molecular formula is C14H14N4O. The Hall–Kier alpha value is -2.32. The minimum Gasteiger partial charge on any atom is -0.397 e. The van der Waals surface area contributed by atoms with Crippen LogP contribution in [0.25, 0.3) is 10.8 Å². The second kappa shape index (κ2) is 4.75. The van der Waals surface area contributed by atoms with Crippen LogP contribution >= 0.6 is 0 Å². The van der Waals surface area contributed by atoms with Crippen molar-refractivity contribution in [3.63, 3.8) is 0 Å². The van der Waals surface area contributed by atoms with E-state index in [1.54, 1.807) is 12.4 Å². The van der Waals surface area contributed by atoms with Gasteiger partial charge in [0.1, 0.15) is 0 Å². The first-order valence-electron chi connectivity index (χ1n) is 6.18. The van der Waals surface area contributed by atoms with Gasteiger partial charge in [-0.05, 0) is 12.1 Å². The SMILES string of the molecule is N#CC1CN(c2ccc3cnccc3c2N)CCO1. The van der Waals surface area contributed by atoms with Crippen molar-refractivity contribution in [1.29, 1.82) is 5.26 Å². The van der Waals surface area contributed by atoms with E-state index in [4.69, 9.17) is 15.7 Å². The maximum absolute atomic E-state index is 8.96. The van der Waals surface area contributed by atoms with Crippen LogP contribution in [0.1, 0.15) is 0 Å². The maximum atomic E-state index is 8.96. The minimum absolute atomic E-state index is 0.388. The van der Waals surface area contributed by atoms with Crippen molar-refractivity contribution in [3.05, 3.63) is 30.6 Å². The molecule has 3 rings (SSSR count). The molecule has 5 heteroatoms. The lowest BCUT2D eigenvalue weighted by atomic mass is 10.1. The molecule has 19 heavy (non-hydrogen) atoms. The summed E-state index contributed by atoms with van der Waals surface area (Å²) in [5, 5.41) is 11.0. The number of pyridine rings is 1. The first-order chi connectivity index (χ1) is 9.29. The van der Waals surface area contributed by atoms with Crippen LogP contribution in [-0.2, 0) is 4.74 Å². The zero-order chi connectivity index (χ0) is 13.2. The number of anilines is 2. The van der Waals surface area contributed by atoms with Crippen molar-refractivity contribution in [1.82, 2.24) is 4.98 Å². The highest BCUT2D eigenvalue weighted by Gasteiger charge is 2.22. The third-order valence-electron chi connectivity index (χ3n) is 3.39. The summed E-state index contributed by atoms with van der Waals surface area (Å²) in [7, 11) is 0. The van der Waals surface area contributed by atoms with Crippen molar-refractivity contribution in [2.45, 2.75) is 6.10 Å². The van der Waals surface area contributed by atoms with E-state index >= 15 is 0 Å². The lowest BCUT2D eigenvalue weighted by molar-refractivity contribution is 0.0765. The number of nitrogens with zero attached hydrogens (tertiary/aromatic N) is 3. The van der Waals surface area contributed by atoms with Gasteiger partial charge in [0.05, 0.1) is 30.6 Å². The highest BCUT2D eigenvalue weighted by atomic mass is 16.5. The van der Waals surface area contributed by atoms with E-state index in [9.17, 15) is 0 Å². The van der Waals surface area contributed by atoms with E-state index in [1.807, 2.05) is 18.2 Å². The van der Waals surface area contributed by atoms with Gasteiger partial charge in [-0.3, -0.25) is 4.98 Å². The second-order valence-corrected chi connectivity index (χ2v) is 4.53. The van der Waals surface area contributed by atoms with E-state index in [0.29, 0.717) is 13.2 Å². The summed E-state index contributed by atoms with van der Waals surface area (Å²) in [6.45, 7) is 1.85. The molecule has 5 nitrogen and oxygen atoms in total. The Morgan fingerprint density at radius 3 is 3.16 bits per heavy atom. The molecular weight excluding hydrogens is 240 g/mol. The summed E-state index contributed by atoms with van der Waals surface area (Å²) in [5.74, 6) is 0. The average molecular weight is 254 g/mol. The van der Waals surface area contributed by atoms with Gasteiger partial charge < -0.3 is 15.4 Å². The summed E-state index contributed by atoms with van der Waals surface area (Å²) in [4.78, 5) is 6.19. The molecule has 1 atom stereocenters. The van der Waals surface area contributed by atoms with Gasteiger partial charge >= 0.3 is 0 Å². The monoisotopic (exact) mass is 254 g/mol. The zero-order valence-electron chi connectivity index (χ0n) is 10.4. The molecule has 0 saturated carbocycles. The highest BCUT2D eigenvalue weighted by molar-refractivity contribution is 5.98. The molecule has 2 N–H and O–H groups in total. The number of ether oxygens (including phenoxy) is 1. The van der Waals surface area contributed by atoms with Crippen LogP contribution in [0.2, 0.25) is 0 Å². The molecule has 0 radical (unpaired) electrons. The van der Waals surface area contributed by atoms with Crippen molar-refractivity contribution >= 4 is 22.1 Å². The van der Waals surface area contributed by atoms with Crippen LogP contribution < -0.4 is 10.6 Å². The van der Waals surface area contributed by atoms with Crippen molar-refractivity contribution < 1.29 is 4.74 Å². The first-order valence-corrected chi connectivity index (χ1v) is 6.18. The number of nitrogens with two attached hydrogens (primary N) is 1. The van der Waals surface area contributed by atoms with Crippen LogP contribution in [0.15, 0.2) is 30.6 Å². The summed E-state index contributed by atoms with van der Waals surface area (Å²) in [6, 6.07) is 8.05. The van der Waals surface area contributed by atoms with Crippen LogP contribution in [0, 0.1) is 11.3 Å². The fourth-order valence-corrected chi connectivity index (χ4v) is 2.40. The summed E-state index contributed by atoms with van der Waals surface area (Å²) in [6.07, 6.45) is 3.15. The molecule has 1 aromatic carbocycles. The van der Waals surface area contributed by atoms with Gasteiger partial charge in [-0.25, -0.2) is 0 Å². The third-order valence-corrected chi connectivity index (χ3v) is 3.39. The quantitative estimate of drug-likeness (QED) is 0.781. The number of nitriles is 1. The summed E-state index contributed by atoms with van der Waals surface area (Å²) in [5.41, 5.74) is 7.94. The number of fused-ring (bicyclic) bond motifs is 1. The van der Waals surface area contributed by atoms with Gasteiger partial charge in [-0.2, -0.15) is 5.26 Å². The van der Waals surface area contributed by atoms with E-state index in [1.165, 1.54) is 0 Å². The molecule has 1 fully saturated rings. The normalized spacial score (nSPS) is 19.3. The molecule has 1 unspecified atom stereocenters. The number of aromatic nitrogens is 1. The smallest absolute Gasteiger partial charge is 0.161 e. The number of hydrogen-bond donors (Lipinski definition) is 1. The van der Waals surface area contributed by atoms with Crippen LogP contribution in [0.3, 0.4) is 0 Å². The van der Waals surface area contributed by atoms with E-state index < -0.39 is 0 Å². The van der Waals surface area contributed by atoms with Crippen LogP contribution in [0.5, 0.6) is 0 Å². The Morgan fingerprint density at radius 2 is 2.32 bits per heavy atom. The van der Waals surface area contributed by atoms with E-state index in [-0.39, 0.29) is 6.10 Å². The van der Waals surface area contributed by atoms with Gasteiger partial charge in [0, 0.05) is 29.7 Å². The summed E-state index contributed by atoms with van der Waals surface area (Å²) >= 11 is 0. The van der Waals surface area contributed by atoms with Gasteiger partial charge in [0.2, 0.25) is 0 Å². The fraction of sp³-hybridized carbons (Fsp3) is 0.286. The Kier molecular flexibility index (Phi) is 2.94. The van der Waals surface area contributed by atoms with E-state index in [0.717, 1.165) is 28.7 Å². The van der Waals surface area contributed by atoms with Gasteiger partial charge in [-0.15, -0.1) is 0 Å². The van der Waals surface area contributed by atoms with Crippen LogP contribution in [0.4, 0.5) is 11.4 Å². The molecule has 0 amide bonds. The number of benzene rings is 1. The van der Waals surface area contributed by atoms with Crippen molar-refractivity contribution in [3.8, 4) is 6.07 Å². The Labute approximate surface area is 111 Å². The van der Waals surface area contributed by atoms with Gasteiger partial charge in [0.15, 0.2) is 6.10 Å². The maximum Gasteiger partial charge on any atom is 0.161 e. The Bertz CT molecular complexity index is 649. The molecule has 1 saturated heterocycles. The second-order valence-electron chi connectivity index (χ2n) is 4.53. The molecule has 0 aliphatic carbocycles. The lowest BCUT2D eigenvalue weighted by Gasteiger charge is -2.32. The number of morpholine rings is 1. The Morgan fingerprint density at radius 1 is 1.42 bits per heavy atom. The topological polar surface area (TPSA) is 75.2 Å². The summed E-state index contributed by atoms with van der Waals surface area (Å²) < 4.78 is 5.35. The predicted octanol–water partition coefficient (Wildman–Crippen LogP) is 1.55. The fourth-order valence-electron chi connectivity index (χ4n) is 2.40. The third kappa shape index (κ3) is 2.07. The Balaban J connectivity index is 2.01. The molecule has 1 aliphatic heterocycles. The number of nitrogen functional groups attached to an aromatic ring is 1. The number of rotatable bonds is 1. The minimum atomic E-state index is -0.388. The van der Waals surface area contributed by atoms with Crippen molar-refractivity contribution in [2.24, 2.45) is 0 Å².